The average Bonchev–Trinajstić information content (AvgIpc) is 2.17. The highest BCUT2D eigenvalue weighted by Crippen LogP contribution is 2.31. The quantitative estimate of drug-likeness (QED) is 0.723. The van der Waals surface area contributed by atoms with Crippen LogP contribution < -0.4 is 5.73 Å². The van der Waals surface area contributed by atoms with Crippen LogP contribution in [-0.2, 0) is 0 Å². The second-order valence-corrected chi connectivity index (χ2v) is 3.59. The Morgan fingerprint density at radius 1 is 1.62 bits per heavy atom. The maximum atomic E-state index is 10.8. The fourth-order valence-electron chi connectivity index (χ4n) is 1.04. The number of fused-ring (bicyclic) bond motifs is 1. The van der Waals surface area contributed by atoms with E-state index < -0.39 is 5.91 Å². The summed E-state index contributed by atoms with van der Waals surface area (Å²) in [4.78, 5) is 19.8. The number of thioether (sulfide) groups is 1. The number of hydrogen-bond donors (Lipinski definition) is 1. The van der Waals surface area contributed by atoms with Gasteiger partial charge in [-0.25, -0.2) is 4.98 Å². The number of hydrogen-bond acceptors (Lipinski definition) is 4. The molecule has 2 N–H and O–H groups in total. The van der Waals surface area contributed by atoms with Crippen LogP contribution in [0.2, 0.25) is 0 Å². The second-order valence-electron chi connectivity index (χ2n) is 2.52. The third-order valence-corrected chi connectivity index (χ3v) is 2.58. The molecule has 1 amide bonds. The zero-order valence-electron chi connectivity index (χ0n) is 6.73. The van der Waals surface area contributed by atoms with Gasteiger partial charge in [-0.15, -0.1) is 11.8 Å². The van der Waals surface area contributed by atoms with Crippen molar-refractivity contribution >= 4 is 29.6 Å². The SMILES string of the molecule is NC(=O)c1cc2c(cn1)SCC=N2. The molecule has 0 aromatic carbocycles. The number of primary amides is 1. The van der Waals surface area contributed by atoms with Gasteiger partial charge in [-0.2, -0.15) is 0 Å². The van der Waals surface area contributed by atoms with Gasteiger partial charge in [-0.05, 0) is 6.07 Å². The van der Waals surface area contributed by atoms with Crippen LogP contribution in [0.15, 0.2) is 22.2 Å². The zero-order chi connectivity index (χ0) is 9.26. The van der Waals surface area contributed by atoms with E-state index in [9.17, 15) is 4.79 Å². The van der Waals surface area contributed by atoms with Crippen LogP contribution >= 0.6 is 11.8 Å². The van der Waals surface area contributed by atoms with Crippen molar-refractivity contribution in [1.29, 1.82) is 0 Å². The van der Waals surface area contributed by atoms with Gasteiger partial charge in [0.25, 0.3) is 5.91 Å². The summed E-state index contributed by atoms with van der Waals surface area (Å²) < 4.78 is 0. The van der Waals surface area contributed by atoms with E-state index in [1.54, 1.807) is 30.2 Å². The lowest BCUT2D eigenvalue weighted by Gasteiger charge is -2.08. The van der Waals surface area contributed by atoms with Gasteiger partial charge in [0, 0.05) is 18.2 Å². The first-order valence-corrected chi connectivity index (χ1v) is 4.71. The van der Waals surface area contributed by atoms with Crippen LogP contribution in [-0.4, -0.2) is 22.9 Å². The van der Waals surface area contributed by atoms with Crippen molar-refractivity contribution in [3.8, 4) is 0 Å². The highest BCUT2D eigenvalue weighted by molar-refractivity contribution is 8.00. The van der Waals surface area contributed by atoms with Crippen LogP contribution in [0.1, 0.15) is 10.5 Å². The first-order valence-electron chi connectivity index (χ1n) is 3.72. The number of nitrogens with two attached hydrogens (primary N) is 1. The third kappa shape index (κ3) is 1.55. The number of pyridine rings is 1. The third-order valence-electron chi connectivity index (χ3n) is 1.64. The van der Waals surface area contributed by atoms with Crippen LogP contribution in [0.4, 0.5) is 5.69 Å². The Morgan fingerprint density at radius 3 is 3.23 bits per heavy atom. The van der Waals surface area contributed by atoms with Crippen molar-refractivity contribution in [2.24, 2.45) is 10.7 Å². The number of amides is 1. The summed E-state index contributed by atoms with van der Waals surface area (Å²) in [7, 11) is 0. The summed E-state index contributed by atoms with van der Waals surface area (Å²) in [6.45, 7) is 0. The van der Waals surface area contributed by atoms with Crippen molar-refractivity contribution in [3.05, 3.63) is 18.0 Å². The molecule has 1 aromatic rings. The van der Waals surface area contributed by atoms with Crippen LogP contribution in [0.5, 0.6) is 0 Å². The molecule has 1 aromatic heterocycles. The van der Waals surface area contributed by atoms with Gasteiger partial charge >= 0.3 is 0 Å². The number of aliphatic imine (C=N–C) groups is 1. The van der Waals surface area contributed by atoms with E-state index in [-0.39, 0.29) is 5.69 Å². The van der Waals surface area contributed by atoms with E-state index in [0.29, 0.717) is 0 Å². The van der Waals surface area contributed by atoms with Gasteiger partial charge < -0.3 is 5.73 Å². The zero-order valence-corrected chi connectivity index (χ0v) is 7.54. The fourth-order valence-corrected chi connectivity index (χ4v) is 1.76. The predicted molar refractivity (Wildman–Crippen MR) is 51.6 cm³/mol. The molecule has 0 atom stereocenters. The molecular formula is C8H7N3OS. The molecule has 0 bridgehead atoms. The topological polar surface area (TPSA) is 68.3 Å². The fraction of sp³-hybridized carbons (Fsp3) is 0.125. The summed E-state index contributed by atoms with van der Waals surface area (Å²) in [5, 5.41) is 0. The van der Waals surface area contributed by atoms with Gasteiger partial charge in [0.15, 0.2) is 0 Å². The van der Waals surface area contributed by atoms with Gasteiger partial charge in [0.1, 0.15) is 5.69 Å². The lowest BCUT2D eigenvalue weighted by molar-refractivity contribution is 0.0995. The molecule has 0 aliphatic carbocycles. The summed E-state index contributed by atoms with van der Waals surface area (Å²) in [5.41, 5.74) is 6.13. The van der Waals surface area contributed by atoms with Crippen molar-refractivity contribution < 1.29 is 4.79 Å². The normalized spacial score (nSPS) is 13.8. The molecular weight excluding hydrogens is 186 g/mol. The van der Waals surface area contributed by atoms with E-state index in [4.69, 9.17) is 5.73 Å². The lowest BCUT2D eigenvalue weighted by Crippen LogP contribution is -2.12. The standard InChI is InChI=1S/C8H7N3OS/c9-8(12)6-3-5-7(4-11-6)13-2-1-10-5/h1,3-4H,2H2,(H2,9,12). The molecule has 4 nitrogen and oxygen atoms in total. The van der Waals surface area contributed by atoms with Gasteiger partial charge in [-0.3, -0.25) is 9.79 Å². The Bertz CT molecular complexity index is 389. The van der Waals surface area contributed by atoms with E-state index in [1.807, 2.05) is 0 Å². The van der Waals surface area contributed by atoms with Crippen molar-refractivity contribution in [2.75, 3.05) is 5.75 Å². The molecule has 13 heavy (non-hydrogen) atoms. The number of carbonyl (C=O) groups excluding carboxylic acids is 1. The first kappa shape index (κ1) is 8.25. The molecule has 0 spiro atoms. The minimum atomic E-state index is -0.520. The number of aromatic nitrogens is 1. The largest absolute Gasteiger partial charge is 0.364 e. The lowest BCUT2D eigenvalue weighted by atomic mass is 10.3. The highest BCUT2D eigenvalue weighted by Gasteiger charge is 2.10. The van der Waals surface area contributed by atoms with Gasteiger partial charge in [0.2, 0.25) is 0 Å². The number of rotatable bonds is 1. The molecule has 5 heteroatoms. The number of nitrogens with zero attached hydrogens (tertiary/aromatic N) is 2. The number of carbonyl (C=O) groups is 1. The Balaban J connectivity index is 2.48. The van der Waals surface area contributed by atoms with E-state index in [0.717, 1.165) is 16.3 Å². The van der Waals surface area contributed by atoms with Crippen LogP contribution in [0.3, 0.4) is 0 Å². The van der Waals surface area contributed by atoms with Crippen molar-refractivity contribution in [1.82, 2.24) is 4.98 Å². The molecule has 1 aliphatic heterocycles. The molecule has 0 saturated heterocycles. The first-order chi connectivity index (χ1) is 6.27. The Morgan fingerprint density at radius 2 is 2.46 bits per heavy atom. The molecule has 0 saturated carbocycles. The summed E-state index contributed by atoms with van der Waals surface area (Å²) in [6.07, 6.45) is 3.44. The second kappa shape index (κ2) is 3.18. The van der Waals surface area contributed by atoms with E-state index >= 15 is 0 Å². The highest BCUT2D eigenvalue weighted by atomic mass is 32.2. The maximum Gasteiger partial charge on any atom is 0.267 e. The summed E-state index contributed by atoms with van der Waals surface area (Å²) in [6, 6.07) is 1.61. The Hall–Kier alpha value is -1.36. The molecule has 2 heterocycles. The molecule has 0 fully saturated rings. The van der Waals surface area contributed by atoms with Crippen molar-refractivity contribution in [3.63, 3.8) is 0 Å². The maximum absolute atomic E-state index is 10.8. The smallest absolute Gasteiger partial charge is 0.267 e. The van der Waals surface area contributed by atoms with E-state index in [1.165, 1.54) is 0 Å². The van der Waals surface area contributed by atoms with Gasteiger partial charge in [-0.1, -0.05) is 0 Å². The summed E-state index contributed by atoms with van der Waals surface area (Å²) in [5.74, 6) is 0.332. The Labute approximate surface area is 79.3 Å². The van der Waals surface area contributed by atoms with E-state index in [2.05, 4.69) is 9.98 Å². The monoisotopic (exact) mass is 193 g/mol. The van der Waals surface area contributed by atoms with Crippen LogP contribution in [0.25, 0.3) is 0 Å². The summed E-state index contributed by atoms with van der Waals surface area (Å²) >= 11 is 1.65. The average molecular weight is 193 g/mol. The van der Waals surface area contributed by atoms with Crippen LogP contribution in [0, 0.1) is 0 Å². The minimum Gasteiger partial charge on any atom is -0.364 e. The molecule has 66 valence electrons. The van der Waals surface area contributed by atoms with Gasteiger partial charge in [0.05, 0.1) is 10.6 Å². The Kier molecular flexibility index (Phi) is 2.02. The molecule has 1 aliphatic rings. The minimum absolute atomic E-state index is 0.262. The predicted octanol–water partition coefficient (Wildman–Crippen LogP) is 0.988. The van der Waals surface area contributed by atoms with Crippen molar-refractivity contribution in [2.45, 2.75) is 4.90 Å². The molecule has 0 radical (unpaired) electrons. The molecule has 0 unspecified atom stereocenters. The molecule has 2 rings (SSSR count).